The third-order valence-electron chi connectivity index (χ3n) is 2.80. The second-order valence-corrected chi connectivity index (χ2v) is 4.37. The number of benzene rings is 1. The molecule has 3 aromatic rings. The van der Waals surface area contributed by atoms with Gasteiger partial charge in [-0.2, -0.15) is 5.10 Å². The van der Waals surface area contributed by atoms with Gasteiger partial charge in [-0.3, -0.25) is 15.2 Å². The molecule has 0 spiro atoms. The van der Waals surface area contributed by atoms with Crippen LogP contribution in [0.15, 0.2) is 18.3 Å². The van der Waals surface area contributed by atoms with Gasteiger partial charge < -0.3 is 9.72 Å². The van der Waals surface area contributed by atoms with Gasteiger partial charge in [0.15, 0.2) is 5.82 Å². The maximum absolute atomic E-state index is 10.9. The topological polar surface area (TPSA) is 110 Å². The molecule has 0 saturated heterocycles. The van der Waals surface area contributed by atoms with Crippen LogP contribution >= 0.6 is 11.6 Å². The second-order valence-electron chi connectivity index (χ2n) is 3.97. The van der Waals surface area contributed by atoms with Crippen molar-refractivity contribution in [3.8, 4) is 17.3 Å². The Morgan fingerprint density at radius 3 is 2.95 bits per heavy atom. The lowest BCUT2D eigenvalue weighted by Gasteiger charge is -2.00. The first-order chi connectivity index (χ1) is 9.60. The van der Waals surface area contributed by atoms with Crippen molar-refractivity contribution in [1.29, 1.82) is 0 Å². The summed E-state index contributed by atoms with van der Waals surface area (Å²) in [6.07, 6.45) is 1.20. The number of ether oxygens (including phenoxy) is 1. The van der Waals surface area contributed by atoms with Gasteiger partial charge in [-0.1, -0.05) is 11.6 Å². The van der Waals surface area contributed by atoms with Crippen molar-refractivity contribution in [2.45, 2.75) is 0 Å². The Hall–Kier alpha value is -2.61. The number of H-pyrrole nitrogens is 2. The number of hydrogen-bond acceptors (Lipinski definition) is 5. The van der Waals surface area contributed by atoms with E-state index >= 15 is 0 Å². The van der Waals surface area contributed by atoms with E-state index in [1.54, 1.807) is 12.1 Å². The lowest BCUT2D eigenvalue weighted by molar-refractivity contribution is -0.384. The molecule has 0 aliphatic carbocycles. The maximum atomic E-state index is 10.9. The molecule has 20 heavy (non-hydrogen) atoms. The van der Waals surface area contributed by atoms with E-state index in [1.807, 2.05) is 0 Å². The fourth-order valence-electron chi connectivity index (χ4n) is 1.88. The first-order valence-electron chi connectivity index (χ1n) is 5.52. The normalized spacial score (nSPS) is 10.9. The van der Waals surface area contributed by atoms with E-state index in [0.717, 1.165) is 0 Å². The lowest BCUT2D eigenvalue weighted by atomic mass is 10.3. The fraction of sp³-hybridized carbons (Fsp3) is 0.0909. The van der Waals surface area contributed by atoms with Gasteiger partial charge in [0.2, 0.25) is 5.69 Å². The number of imidazole rings is 1. The van der Waals surface area contributed by atoms with Crippen LogP contribution in [0.3, 0.4) is 0 Å². The third kappa shape index (κ3) is 1.86. The fourth-order valence-corrected chi connectivity index (χ4v) is 2.12. The Kier molecular flexibility index (Phi) is 2.79. The minimum Gasteiger partial charge on any atom is -0.495 e. The zero-order valence-electron chi connectivity index (χ0n) is 10.2. The van der Waals surface area contributed by atoms with Gasteiger partial charge in [0.25, 0.3) is 0 Å². The van der Waals surface area contributed by atoms with Gasteiger partial charge in [-0.15, -0.1) is 0 Å². The summed E-state index contributed by atoms with van der Waals surface area (Å²) in [4.78, 5) is 17.6. The highest BCUT2D eigenvalue weighted by atomic mass is 35.5. The second kappa shape index (κ2) is 4.49. The minimum absolute atomic E-state index is 0.140. The Labute approximate surface area is 116 Å². The molecule has 2 N–H and O–H groups in total. The number of methoxy groups -OCH3 is 1. The molecule has 9 heteroatoms. The molecule has 102 valence electrons. The number of halogens is 1. The summed E-state index contributed by atoms with van der Waals surface area (Å²) < 4.78 is 5.10. The van der Waals surface area contributed by atoms with Crippen LogP contribution in [0, 0.1) is 10.1 Å². The van der Waals surface area contributed by atoms with Crippen LogP contribution in [0.25, 0.3) is 22.6 Å². The standard InChI is InChI=1S/C11H8ClN5O3/c1-20-9-3-7-6(2-5(9)12)14-11(15-7)10-8(17(18)19)4-13-16-10/h2-4H,1H3,(H,13,16)(H,14,15). The van der Waals surface area contributed by atoms with Crippen molar-refractivity contribution in [2.24, 2.45) is 0 Å². The maximum Gasteiger partial charge on any atom is 0.317 e. The van der Waals surface area contributed by atoms with Crippen molar-refractivity contribution in [3.05, 3.63) is 33.5 Å². The molecule has 0 aliphatic rings. The van der Waals surface area contributed by atoms with Crippen molar-refractivity contribution in [1.82, 2.24) is 20.2 Å². The smallest absolute Gasteiger partial charge is 0.317 e. The van der Waals surface area contributed by atoms with Crippen LogP contribution in [0.4, 0.5) is 5.69 Å². The number of rotatable bonds is 3. The van der Waals surface area contributed by atoms with E-state index in [4.69, 9.17) is 16.3 Å². The molecule has 0 fully saturated rings. The molecule has 1 aromatic carbocycles. The first kappa shape index (κ1) is 12.4. The molecular weight excluding hydrogens is 286 g/mol. The van der Waals surface area contributed by atoms with Gasteiger partial charge in [-0.05, 0) is 6.07 Å². The summed E-state index contributed by atoms with van der Waals surface area (Å²) in [6, 6.07) is 3.29. The summed E-state index contributed by atoms with van der Waals surface area (Å²) in [5, 5.41) is 17.6. The molecule has 0 atom stereocenters. The van der Waals surface area contributed by atoms with E-state index in [2.05, 4.69) is 20.2 Å². The zero-order chi connectivity index (χ0) is 14.3. The number of aromatic nitrogens is 4. The SMILES string of the molecule is COc1cc2nc(-c3n[nH]cc3[N+](=O)[O-])[nH]c2cc1Cl. The first-order valence-corrected chi connectivity index (χ1v) is 5.89. The molecule has 2 heterocycles. The van der Waals surface area contributed by atoms with E-state index < -0.39 is 4.92 Å². The van der Waals surface area contributed by atoms with Gasteiger partial charge >= 0.3 is 5.69 Å². The summed E-state index contributed by atoms with van der Waals surface area (Å²) in [6.45, 7) is 0. The van der Waals surface area contributed by atoms with E-state index in [0.29, 0.717) is 21.8 Å². The Bertz CT molecular complexity index is 810. The van der Waals surface area contributed by atoms with Crippen LogP contribution in [0.5, 0.6) is 5.75 Å². The van der Waals surface area contributed by atoms with E-state index in [-0.39, 0.29) is 17.2 Å². The molecule has 0 amide bonds. The lowest BCUT2D eigenvalue weighted by Crippen LogP contribution is -1.90. The number of hydrogen-bond donors (Lipinski definition) is 2. The molecule has 0 bridgehead atoms. The average Bonchev–Trinajstić information content (AvgIpc) is 3.02. The van der Waals surface area contributed by atoms with Gasteiger partial charge in [-0.25, -0.2) is 4.98 Å². The number of nitro groups is 1. The molecule has 8 nitrogen and oxygen atoms in total. The molecule has 0 aliphatic heterocycles. The zero-order valence-corrected chi connectivity index (χ0v) is 10.9. The highest BCUT2D eigenvalue weighted by molar-refractivity contribution is 6.32. The van der Waals surface area contributed by atoms with Crippen molar-refractivity contribution in [2.75, 3.05) is 7.11 Å². The Morgan fingerprint density at radius 1 is 1.45 bits per heavy atom. The van der Waals surface area contributed by atoms with Crippen LogP contribution in [-0.4, -0.2) is 32.2 Å². The van der Waals surface area contributed by atoms with Crippen molar-refractivity contribution in [3.63, 3.8) is 0 Å². The van der Waals surface area contributed by atoms with Gasteiger partial charge in [0.1, 0.15) is 11.9 Å². The monoisotopic (exact) mass is 293 g/mol. The van der Waals surface area contributed by atoms with Gasteiger partial charge in [0, 0.05) is 6.07 Å². The quantitative estimate of drug-likeness (QED) is 0.569. The predicted octanol–water partition coefficient (Wildman–Crippen LogP) is 2.52. The number of nitrogens with zero attached hydrogens (tertiary/aromatic N) is 3. The average molecular weight is 294 g/mol. The van der Waals surface area contributed by atoms with Crippen LogP contribution in [0.1, 0.15) is 0 Å². The Morgan fingerprint density at radius 2 is 2.25 bits per heavy atom. The van der Waals surface area contributed by atoms with Gasteiger partial charge in [0.05, 0.1) is 28.1 Å². The van der Waals surface area contributed by atoms with Crippen LogP contribution in [0.2, 0.25) is 5.02 Å². The number of nitrogens with one attached hydrogen (secondary N) is 2. The van der Waals surface area contributed by atoms with Crippen LogP contribution in [-0.2, 0) is 0 Å². The number of fused-ring (bicyclic) bond motifs is 1. The van der Waals surface area contributed by atoms with E-state index in [9.17, 15) is 10.1 Å². The number of aromatic amines is 2. The largest absolute Gasteiger partial charge is 0.495 e. The Balaban J connectivity index is 2.18. The van der Waals surface area contributed by atoms with Crippen molar-refractivity contribution < 1.29 is 9.66 Å². The highest BCUT2D eigenvalue weighted by Crippen LogP contribution is 2.32. The molecule has 3 rings (SSSR count). The summed E-state index contributed by atoms with van der Waals surface area (Å²) >= 11 is 6.02. The van der Waals surface area contributed by atoms with Crippen LogP contribution < -0.4 is 4.74 Å². The summed E-state index contributed by atoms with van der Waals surface area (Å²) in [5.41, 5.74) is 1.21. The summed E-state index contributed by atoms with van der Waals surface area (Å²) in [7, 11) is 1.50. The predicted molar refractivity (Wildman–Crippen MR) is 71.9 cm³/mol. The summed E-state index contributed by atoms with van der Waals surface area (Å²) in [5.74, 6) is 0.769. The minimum atomic E-state index is -0.528. The highest BCUT2D eigenvalue weighted by Gasteiger charge is 2.21. The molecule has 0 radical (unpaired) electrons. The molecular formula is C11H8ClN5O3. The molecule has 0 saturated carbocycles. The third-order valence-corrected chi connectivity index (χ3v) is 3.09. The van der Waals surface area contributed by atoms with Crippen molar-refractivity contribution >= 4 is 28.3 Å². The molecule has 2 aromatic heterocycles. The molecule has 0 unspecified atom stereocenters. The van der Waals surface area contributed by atoms with E-state index in [1.165, 1.54) is 13.3 Å².